The van der Waals surface area contributed by atoms with Crippen LogP contribution in [0.5, 0.6) is 0 Å². The number of carbonyl (C=O) groups excluding carboxylic acids is 1. The molecule has 2 N–H and O–H groups in total. The molecule has 1 fully saturated rings. The van der Waals surface area contributed by atoms with Crippen LogP contribution in [-0.4, -0.2) is 12.5 Å². The summed E-state index contributed by atoms with van der Waals surface area (Å²) >= 11 is 5.83. The summed E-state index contributed by atoms with van der Waals surface area (Å²) in [6.45, 7) is 2.88. The molecule has 0 amide bonds. The molecular formula is C16H22ClNO2. The number of ether oxygens (including phenoxy) is 1. The zero-order valence-electron chi connectivity index (χ0n) is 11.9. The fourth-order valence-electron chi connectivity index (χ4n) is 2.69. The lowest BCUT2D eigenvalue weighted by atomic mass is 9.71. The summed E-state index contributed by atoms with van der Waals surface area (Å²) in [5.41, 5.74) is 6.33. The van der Waals surface area contributed by atoms with Gasteiger partial charge in [0.05, 0.1) is 5.41 Å². The number of rotatable bonds is 4. The molecule has 0 heterocycles. The number of halogens is 1. The second-order valence-electron chi connectivity index (χ2n) is 5.87. The van der Waals surface area contributed by atoms with Crippen LogP contribution < -0.4 is 5.73 Å². The number of nitrogens with two attached hydrogens (primary N) is 1. The summed E-state index contributed by atoms with van der Waals surface area (Å²) in [7, 11) is 0. The van der Waals surface area contributed by atoms with Crippen molar-refractivity contribution in [1.29, 1.82) is 0 Å². The van der Waals surface area contributed by atoms with Gasteiger partial charge in [0.1, 0.15) is 6.61 Å². The number of benzene rings is 1. The topological polar surface area (TPSA) is 52.3 Å². The van der Waals surface area contributed by atoms with Gasteiger partial charge in [-0.25, -0.2) is 0 Å². The summed E-state index contributed by atoms with van der Waals surface area (Å²) in [5.74, 6) is 0.528. The monoisotopic (exact) mass is 295 g/mol. The molecule has 1 aliphatic rings. The minimum absolute atomic E-state index is 0.151. The highest BCUT2D eigenvalue weighted by Gasteiger charge is 2.41. The van der Waals surface area contributed by atoms with Gasteiger partial charge in [-0.2, -0.15) is 0 Å². The van der Waals surface area contributed by atoms with Gasteiger partial charge in [0.15, 0.2) is 0 Å². The molecule has 1 aromatic rings. The van der Waals surface area contributed by atoms with Crippen LogP contribution >= 0.6 is 11.6 Å². The van der Waals surface area contributed by atoms with Gasteiger partial charge in [-0.15, -0.1) is 0 Å². The lowest BCUT2D eigenvalue weighted by Gasteiger charge is -2.36. The van der Waals surface area contributed by atoms with Gasteiger partial charge in [-0.3, -0.25) is 4.79 Å². The van der Waals surface area contributed by atoms with Crippen LogP contribution in [0.2, 0.25) is 5.02 Å². The summed E-state index contributed by atoms with van der Waals surface area (Å²) in [6, 6.07) is 7.33. The van der Waals surface area contributed by atoms with Crippen molar-refractivity contribution in [3.8, 4) is 0 Å². The first-order valence-electron chi connectivity index (χ1n) is 7.17. The first-order chi connectivity index (χ1) is 9.55. The SMILES string of the molecule is CC1CCC(CN)(C(=O)OCc2ccc(Cl)cc2)CC1. The summed E-state index contributed by atoms with van der Waals surface area (Å²) < 4.78 is 5.47. The standard InChI is InChI=1S/C16H22ClNO2/c1-12-6-8-16(11-18,9-7-12)15(19)20-10-13-2-4-14(17)5-3-13/h2-5,12H,6-11,18H2,1H3. The average molecular weight is 296 g/mol. The summed E-state index contributed by atoms with van der Waals surface area (Å²) in [5, 5.41) is 0.680. The van der Waals surface area contributed by atoms with Gasteiger partial charge in [0, 0.05) is 11.6 Å². The molecule has 1 aliphatic carbocycles. The first-order valence-corrected chi connectivity index (χ1v) is 7.55. The van der Waals surface area contributed by atoms with E-state index in [4.69, 9.17) is 22.1 Å². The predicted molar refractivity (Wildman–Crippen MR) is 80.4 cm³/mol. The Morgan fingerprint density at radius 1 is 1.35 bits per heavy atom. The largest absolute Gasteiger partial charge is 0.460 e. The molecule has 110 valence electrons. The number of hydrogen-bond acceptors (Lipinski definition) is 3. The molecule has 20 heavy (non-hydrogen) atoms. The smallest absolute Gasteiger partial charge is 0.313 e. The van der Waals surface area contributed by atoms with Gasteiger partial charge in [-0.1, -0.05) is 30.7 Å². The number of carbonyl (C=O) groups is 1. The third-order valence-electron chi connectivity index (χ3n) is 4.34. The molecule has 0 aliphatic heterocycles. The van der Waals surface area contributed by atoms with Crippen molar-refractivity contribution in [2.75, 3.05) is 6.54 Å². The molecule has 0 spiro atoms. The van der Waals surface area contributed by atoms with E-state index in [-0.39, 0.29) is 12.6 Å². The van der Waals surface area contributed by atoms with E-state index in [0.29, 0.717) is 17.5 Å². The zero-order chi connectivity index (χ0) is 14.6. The van der Waals surface area contributed by atoms with Crippen molar-refractivity contribution in [2.24, 2.45) is 17.1 Å². The van der Waals surface area contributed by atoms with Crippen molar-refractivity contribution in [3.63, 3.8) is 0 Å². The Balaban J connectivity index is 1.94. The Kier molecular flexibility index (Phi) is 5.06. The normalized spacial score (nSPS) is 26.2. The molecule has 0 unspecified atom stereocenters. The minimum atomic E-state index is -0.473. The Morgan fingerprint density at radius 3 is 2.50 bits per heavy atom. The molecule has 1 saturated carbocycles. The third kappa shape index (κ3) is 3.53. The Hall–Kier alpha value is -1.06. The van der Waals surface area contributed by atoms with Crippen LogP contribution in [0.4, 0.5) is 0 Å². The van der Waals surface area contributed by atoms with E-state index in [1.54, 1.807) is 12.1 Å². The molecule has 0 saturated heterocycles. The van der Waals surface area contributed by atoms with E-state index in [0.717, 1.165) is 31.2 Å². The van der Waals surface area contributed by atoms with E-state index in [9.17, 15) is 4.79 Å². The van der Waals surface area contributed by atoms with Crippen LogP contribution in [-0.2, 0) is 16.1 Å². The zero-order valence-corrected chi connectivity index (χ0v) is 12.7. The first kappa shape index (κ1) is 15.3. The Bertz CT molecular complexity index is 450. The summed E-state index contributed by atoms with van der Waals surface area (Å²) in [4.78, 5) is 12.4. The lowest BCUT2D eigenvalue weighted by molar-refractivity contribution is -0.159. The van der Waals surface area contributed by atoms with Crippen LogP contribution in [0, 0.1) is 11.3 Å². The molecular weight excluding hydrogens is 274 g/mol. The van der Waals surface area contributed by atoms with Gasteiger partial charge < -0.3 is 10.5 Å². The average Bonchev–Trinajstić information content (AvgIpc) is 2.47. The quantitative estimate of drug-likeness (QED) is 0.865. The molecule has 0 atom stereocenters. The molecule has 0 radical (unpaired) electrons. The van der Waals surface area contributed by atoms with E-state index in [1.807, 2.05) is 12.1 Å². The van der Waals surface area contributed by atoms with Crippen LogP contribution in [0.1, 0.15) is 38.2 Å². The molecule has 3 nitrogen and oxygen atoms in total. The minimum Gasteiger partial charge on any atom is -0.460 e. The fourth-order valence-corrected chi connectivity index (χ4v) is 2.81. The Morgan fingerprint density at radius 2 is 1.95 bits per heavy atom. The van der Waals surface area contributed by atoms with Gasteiger partial charge in [0.2, 0.25) is 0 Å². The predicted octanol–water partition coefficient (Wildman–Crippen LogP) is 3.54. The fraction of sp³-hybridized carbons (Fsp3) is 0.562. The Labute approximate surface area is 125 Å². The van der Waals surface area contributed by atoms with Crippen molar-refractivity contribution in [1.82, 2.24) is 0 Å². The van der Waals surface area contributed by atoms with Gasteiger partial charge in [0.25, 0.3) is 0 Å². The van der Waals surface area contributed by atoms with E-state index < -0.39 is 5.41 Å². The van der Waals surface area contributed by atoms with Gasteiger partial charge in [-0.05, 0) is 49.3 Å². The maximum absolute atomic E-state index is 12.4. The van der Waals surface area contributed by atoms with E-state index in [1.165, 1.54) is 0 Å². The van der Waals surface area contributed by atoms with Crippen molar-refractivity contribution in [3.05, 3.63) is 34.9 Å². The molecule has 0 aromatic heterocycles. The van der Waals surface area contributed by atoms with Crippen LogP contribution in [0.25, 0.3) is 0 Å². The van der Waals surface area contributed by atoms with Crippen molar-refractivity contribution >= 4 is 17.6 Å². The third-order valence-corrected chi connectivity index (χ3v) is 4.59. The molecule has 4 heteroatoms. The van der Waals surface area contributed by atoms with Crippen LogP contribution in [0.3, 0.4) is 0 Å². The van der Waals surface area contributed by atoms with Crippen molar-refractivity contribution in [2.45, 2.75) is 39.2 Å². The van der Waals surface area contributed by atoms with Crippen molar-refractivity contribution < 1.29 is 9.53 Å². The molecule has 2 rings (SSSR count). The number of hydrogen-bond donors (Lipinski definition) is 1. The highest BCUT2D eigenvalue weighted by Crippen LogP contribution is 2.39. The molecule has 1 aromatic carbocycles. The highest BCUT2D eigenvalue weighted by molar-refractivity contribution is 6.30. The maximum atomic E-state index is 12.4. The second kappa shape index (κ2) is 6.59. The van der Waals surface area contributed by atoms with E-state index >= 15 is 0 Å². The van der Waals surface area contributed by atoms with Gasteiger partial charge >= 0.3 is 5.97 Å². The van der Waals surface area contributed by atoms with E-state index in [2.05, 4.69) is 6.92 Å². The lowest BCUT2D eigenvalue weighted by Crippen LogP contribution is -2.42. The summed E-state index contributed by atoms with van der Waals surface area (Å²) in [6.07, 6.45) is 3.77. The van der Waals surface area contributed by atoms with Crippen LogP contribution in [0.15, 0.2) is 24.3 Å². The highest BCUT2D eigenvalue weighted by atomic mass is 35.5. The maximum Gasteiger partial charge on any atom is 0.313 e. The second-order valence-corrected chi connectivity index (χ2v) is 6.31. The molecule has 0 bridgehead atoms. The number of esters is 1.